The largest absolute Gasteiger partial charge is 0.427 e. The highest BCUT2D eigenvalue weighted by Gasteiger charge is 2.09. The maximum atomic E-state index is 12.1. The summed E-state index contributed by atoms with van der Waals surface area (Å²) in [6.07, 6.45) is 0. The maximum absolute atomic E-state index is 12.1. The number of anilines is 1. The molecule has 0 fully saturated rings. The van der Waals surface area contributed by atoms with E-state index in [1.54, 1.807) is 42.5 Å². The Kier molecular flexibility index (Phi) is 4.98. The van der Waals surface area contributed by atoms with Crippen molar-refractivity contribution in [1.82, 2.24) is 0 Å². The van der Waals surface area contributed by atoms with Gasteiger partial charge in [-0.1, -0.05) is 27.5 Å². The number of carbonyl (C=O) groups excluding carboxylic acids is 2. The van der Waals surface area contributed by atoms with Crippen LogP contribution in [0.3, 0.4) is 0 Å². The zero-order valence-corrected chi connectivity index (χ0v) is 13.4. The molecule has 0 spiro atoms. The zero-order valence-electron chi connectivity index (χ0n) is 11.0. The number of benzene rings is 2. The van der Waals surface area contributed by atoms with Crippen molar-refractivity contribution in [2.45, 2.75) is 6.92 Å². The van der Waals surface area contributed by atoms with Crippen LogP contribution in [0.5, 0.6) is 5.75 Å². The number of amides is 1. The van der Waals surface area contributed by atoms with Crippen molar-refractivity contribution in [1.29, 1.82) is 0 Å². The molecule has 1 amide bonds. The third-order valence-electron chi connectivity index (χ3n) is 2.56. The van der Waals surface area contributed by atoms with E-state index in [4.69, 9.17) is 16.3 Å². The first-order chi connectivity index (χ1) is 9.95. The molecular formula is C15H11BrClNO3. The van der Waals surface area contributed by atoms with Crippen LogP contribution < -0.4 is 10.1 Å². The van der Waals surface area contributed by atoms with E-state index >= 15 is 0 Å². The van der Waals surface area contributed by atoms with Gasteiger partial charge in [0, 0.05) is 17.0 Å². The summed E-state index contributed by atoms with van der Waals surface area (Å²) < 4.78 is 5.73. The van der Waals surface area contributed by atoms with Crippen LogP contribution in [0.2, 0.25) is 5.02 Å². The van der Waals surface area contributed by atoms with E-state index in [1.807, 2.05) is 0 Å². The van der Waals surface area contributed by atoms with Gasteiger partial charge < -0.3 is 10.1 Å². The van der Waals surface area contributed by atoms with Crippen molar-refractivity contribution >= 4 is 45.1 Å². The molecule has 2 aromatic rings. The minimum absolute atomic E-state index is 0.298. The highest BCUT2D eigenvalue weighted by molar-refractivity contribution is 9.10. The molecule has 108 valence electrons. The SMILES string of the molecule is CC(=O)Oc1ccc(C(=O)Nc2ccc(Br)cc2Cl)cc1. The number of halogens is 2. The molecule has 0 aromatic heterocycles. The number of nitrogens with one attached hydrogen (secondary N) is 1. The van der Waals surface area contributed by atoms with Crippen molar-refractivity contribution in [3.63, 3.8) is 0 Å². The van der Waals surface area contributed by atoms with Crippen LogP contribution in [0.25, 0.3) is 0 Å². The molecule has 0 aliphatic heterocycles. The first-order valence-corrected chi connectivity index (χ1v) is 7.17. The van der Waals surface area contributed by atoms with Gasteiger partial charge >= 0.3 is 5.97 Å². The van der Waals surface area contributed by atoms with E-state index in [1.165, 1.54) is 6.92 Å². The fourth-order valence-corrected chi connectivity index (χ4v) is 2.35. The molecule has 0 saturated carbocycles. The standard InChI is InChI=1S/C15H11BrClNO3/c1-9(19)21-12-5-2-10(3-6-12)15(20)18-14-7-4-11(16)8-13(14)17/h2-8H,1H3,(H,18,20). The van der Waals surface area contributed by atoms with E-state index in [0.717, 1.165) is 4.47 Å². The molecule has 0 bridgehead atoms. The first-order valence-electron chi connectivity index (χ1n) is 6.00. The lowest BCUT2D eigenvalue weighted by Crippen LogP contribution is -2.12. The van der Waals surface area contributed by atoms with Crippen LogP contribution in [0.15, 0.2) is 46.9 Å². The fraction of sp³-hybridized carbons (Fsp3) is 0.0667. The summed E-state index contributed by atoms with van der Waals surface area (Å²) in [5, 5.41) is 3.15. The van der Waals surface area contributed by atoms with Crippen molar-refractivity contribution in [2.75, 3.05) is 5.32 Å². The summed E-state index contributed by atoms with van der Waals surface area (Å²) in [6, 6.07) is 11.4. The van der Waals surface area contributed by atoms with Gasteiger partial charge in [0.05, 0.1) is 10.7 Å². The monoisotopic (exact) mass is 367 g/mol. The predicted molar refractivity (Wildman–Crippen MR) is 84.9 cm³/mol. The van der Waals surface area contributed by atoms with Gasteiger partial charge in [0.1, 0.15) is 5.75 Å². The van der Waals surface area contributed by atoms with E-state index in [2.05, 4.69) is 21.2 Å². The maximum Gasteiger partial charge on any atom is 0.308 e. The molecule has 1 N–H and O–H groups in total. The zero-order chi connectivity index (χ0) is 15.4. The van der Waals surface area contributed by atoms with Crippen molar-refractivity contribution in [2.24, 2.45) is 0 Å². The Morgan fingerprint density at radius 1 is 1.14 bits per heavy atom. The Morgan fingerprint density at radius 2 is 1.81 bits per heavy atom. The number of hydrogen-bond donors (Lipinski definition) is 1. The Morgan fingerprint density at radius 3 is 2.38 bits per heavy atom. The predicted octanol–water partition coefficient (Wildman–Crippen LogP) is 4.28. The summed E-state index contributed by atoms with van der Waals surface area (Å²) in [7, 11) is 0. The van der Waals surface area contributed by atoms with E-state index < -0.39 is 5.97 Å². The lowest BCUT2D eigenvalue weighted by atomic mass is 10.2. The molecular weight excluding hydrogens is 358 g/mol. The number of ether oxygens (including phenoxy) is 1. The summed E-state index contributed by atoms with van der Waals surface area (Å²) in [5.41, 5.74) is 0.957. The summed E-state index contributed by atoms with van der Waals surface area (Å²) >= 11 is 9.34. The molecule has 0 aliphatic carbocycles. The molecule has 0 unspecified atom stereocenters. The minimum Gasteiger partial charge on any atom is -0.427 e. The second-order valence-electron chi connectivity index (χ2n) is 4.20. The lowest BCUT2D eigenvalue weighted by molar-refractivity contribution is -0.131. The molecule has 21 heavy (non-hydrogen) atoms. The topological polar surface area (TPSA) is 55.4 Å². The highest BCUT2D eigenvalue weighted by atomic mass is 79.9. The van der Waals surface area contributed by atoms with Crippen LogP contribution in [-0.4, -0.2) is 11.9 Å². The quantitative estimate of drug-likeness (QED) is 0.650. The van der Waals surface area contributed by atoms with E-state index in [-0.39, 0.29) is 5.91 Å². The molecule has 4 nitrogen and oxygen atoms in total. The highest BCUT2D eigenvalue weighted by Crippen LogP contribution is 2.26. The third kappa shape index (κ3) is 4.31. The average Bonchev–Trinajstić information content (AvgIpc) is 2.42. The molecule has 0 radical (unpaired) electrons. The lowest BCUT2D eigenvalue weighted by Gasteiger charge is -2.08. The van der Waals surface area contributed by atoms with E-state index in [9.17, 15) is 9.59 Å². The van der Waals surface area contributed by atoms with Gasteiger partial charge in [0.15, 0.2) is 0 Å². The van der Waals surface area contributed by atoms with Crippen molar-refractivity contribution in [3.8, 4) is 5.75 Å². The molecule has 2 rings (SSSR count). The van der Waals surface area contributed by atoms with Crippen LogP contribution in [-0.2, 0) is 4.79 Å². The van der Waals surface area contributed by atoms with Gasteiger partial charge in [-0.25, -0.2) is 0 Å². The van der Waals surface area contributed by atoms with Gasteiger partial charge in [-0.2, -0.15) is 0 Å². The first kappa shape index (κ1) is 15.5. The minimum atomic E-state index is -0.408. The Labute approximate surface area is 135 Å². The second-order valence-corrected chi connectivity index (χ2v) is 5.52. The summed E-state index contributed by atoms with van der Waals surface area (Å²) in [6.45, 7) is 1.32. The second kappa shape index (κ2) is 6.74. The Bertz CT molecular complexity index is 686. The van der Waals surface area contributed by atoms with Crippen LogP contribution in [0.1, 0.15) is 17.3 Å². The molecule has 0 saturated heterocycles. The van der Waals surface area contributed by atoms with Gasteiger partial charge in [-0.3, -0.25) is 9.59 Å². The summed E-state index contributed by atoms with van der Waals surface area (Å²) in [4.78, 5) is 22.9. The van der Waals surface area contributed by atoms with Gasteiger partial charge in [0.25, 0.3) is 5.91 Å². The number of rotatable bonds is 3. The molecule has 2 aromatic carbocycles. The number of carbonyl (C=O) groups is 2. The third-order valence-corrected chi connectivity index (χ3v) is 3.36. The number of esters is 1. The van der Waals surface area contributed by atoms with Gasteiger partial charge in [0.2, 0.25) is 0 Å². The van der Waals surface area contributed by atoms with Crippen LogP contribution >= 0.6 is 27.5 Å². The van der Waals surface area contributed by atoms with Gasteiger partial charge in [-0.15, -0.1) is 0 Å². The van der Waals surface area contributed by atoms with E-state index in [0.29, 0.717) is 22.0 Å². The van der Waals surface area contributed by atoms with Gasteiger partial charge in [-0.05, 0) is 42.5 Å². The fourth-order valence-electron chi connectivity index (χ4n) is 1.63. The molecule has 6 heteroatoms. The van der Waals surface area contributed by atoms with Crippen molar-refractivity contribution in [3.05, 3.63) is 57.5 Å². The number of hydrogen-bond acceptors (Lipinski definition) is 3. The smallest absolute Gasteiger partial charge is 0.308 e. The average molecular weight is 369 g/mol. The normalized spacial score (nSPS) is 10.0. The van der Waals surface area contributed by atoms with Crippen LogP contribution in [0, 0.1) is 0 Å². The van der Waals surface area contributed by atoms with Crippen molar-refractivity contribution < 1.29 is 14.3 Å². The molecule has 0 aliphatic rings. The molecule has 0 heterocycles. The summed E-state index contributed by atoms with van der Waals surface area (Å²) in [5.74, 6) is -0.317. The Hall–Kier alpha value is -1.85. The molecule has 0 atom stereocenters. The Balaban J connectivity index is 2.11. The van der Waals surface area contributed by atoms with Crippen LogP contribution in [0.4, 0.5) is 5.69 Å².